The Hall–Kier alpha value is 0.0664. The van der Waals surface area contributed by atoms with E-state index in [-0.39, 0.29) is 58.4 Å². The number of rotatable bonds is 0. The summed E-state index contributed by atoms with van der Waals surface area (Å²) in [6.07, 6.45) is 0. The number of hydrogen-bond acceptors (Lipinski definition) is 1. The number of aromatic nitrogens is 1. The van der Waals surface area contributed by atoms with Gasteiger partial charge in [0.2, 0.25) is 5.56 Å². The largest absolute Gasteiger partial charge is 1.00 e. The van der Waals surface area contributed by atoms with Crippen molar-refractivity contribution in [2.75, 3.05) is 0 Å². The van der Waals surface area contributed by atoms with Crippen molar-refractivity contribution >= 4 is 10.9 Å². The fraction of sp³-hybridized carbons (Fsp3) is 0. The molecule has 1 N–H and O–H groups in total. The Kier molecular flexibility index (Phi) is 3.67. The monoisotopic (exact) mass is 185 g/mol. The van der Waals surface area contributed by atoms with Gasteiger partial charge in [-0.2, -0.15) is 0 Å². The summed E-state index contributed by atoms with van der Waals surface area (Å²) in [5, 5.41) is 1.06. The minimum absolute atomic E-state index is 0. The predicted molar refractivity (Wildman–Crippen MR) is 45.7 cm³/mol. The molecule has 0 atom stereocenters. The van der Waals surface area contributed by atoms with Crippen molar-refractivity contribution in [3.8, 4) is 0 Å². The number of nitrogens with one attached hydrogen (secondary N) is 1. The molecule has 0 saturated carbocycles. The van der Waals surface area contributed by atoms with Crippen LogP contribution in [0.5, 0.6) is 0 Å². The second-order valence-corrected chi connectivity index (χ2v) is 2.41. The SMILES string of the molecule is O=c1ccc2ccccc2[nH]1.[H-].[K+]. The van der Waals surface area contributed by atoms with Gasteiger partial charge in [-0.15, -0.1) is 0 Å². The molecule has 1 heterocycles. The van der Waals surface area contributed by atoms with Crippen LogP contribution in [-0.2, 0) is 0 Å². The molecule has 2 nitrogen and oxygen atoms in total. The number of pyridine rings is 1. The van der Waals surface area contributed by atoms with E-state index in [0.717, 1.165) is 10.9 Å². The van der Waals surface area contributed by atoms with Crippen LogP contribution in [0.4, 0.5) is 0 Å². The first-order valence-corrected chi connectivity index (χ1v) is 3.44. The summed E-state index contributed by atoms with van der Waals surface area (Å²) in [5.41, 5.74) is 0.837. The zero-order valence-corrected chi connectivity index (χ0v) is 10.00. The van der Waals surface area contributed by atoms with Crippen LogP contribution < -0.4 is 56.9 Å². The van der Waals surface area contributed by atoms with E-state index in [9.17, 15) is 4.79 Å². The maximum absolute atomic E-state index is 10.8. The van der Waals surface area contributed by atoms with E-state index in [4.69, 9.17) is 0 Å². The average molecular weight is 185 g/mol. The van der Waals surface area contributed by atoms with Crippen molar-refractivity contribution in [3.05, 3.63) is 46.8 Å². The second-order valence-electron chi connectivity index (χ2n) is 2.41. The van der Waals surface area contributed by atoms with Gasteiger partial charge in [0.15, 0.2) is 0 Å². The van der Waals surface area contributed by atoms with Crippen molar-refractivity contribution in [2.45, 2.75) is 0 Å². The summed E-state index contributed by atoms with van der Waals surface area (Å²) in [6.45, 7) is 0. The Morgan fingerprint density at radius 1 is 1.08 bits per heavy atom. The normalized spacial score (nSPS) is 9.33. The van der Waals surface area contributed by atoms with Gasteiger partial charge in [-0.05, 0) is 17.5 Å². The molecule has 12 heavy (non-hydrogen) atoms. The Balaban J connectivity index is 0.000000720. The molecular weight excluding hydrogens is 177 g/mol. The van der Waals surface area contributed by atoms with Gasteiger partial charge in [0.1, 0.15) is 0 Å². The second kappa shape index (κ2) is 4.34. The fourth-order valence-electron chi connectivity index (χ4n) is 1.10. The van der Waals surface area contributed by atoms with Crippen LogP contribution in [0.1, 0.15) is 1.43 Å². The molecule has 0 radical (unpaired) electrons. The molecular formula is C9H8KNO. The maximum atomic E-state index is 10.8. The molecule has 1 aromatic carbocycles. The molecule has 1 aromatic heterocycles. The number of benzene rings is 1. The van der Waals surface area contributed by atoms with Gasteiger partial charge in [-0.1, -0.05) is 18.2 Å². The summed E-state index contributed by atoms with van der Waals surface area (Å²) in [7, 11) is 0. The molecule has 0 spiro atoms. The minimum Gasteiger partial charge on any atom is -1.00 e. The maximum Gasteiger partial charge on any atom is 1.00 e. The number of H-pyrrole nitrogens is 1. The average Bonchev–Trinajstić information content (AvgIpc) is 2.04. The van der Waals surface area contributed by atoms with Crippen molar-refractivity contribution in [2.24, 2.45) is 0 Å². The molecule has 0 saturated heterocycles. The first-order chi connectivity index (χ1) is 5.36. The van der Waals surface area contributed by atoms with Crippen molar-refractivity contribution in [1.82, 2.24) is 4.98 Å². The Morgan fingerprint density at radius 2 is 1.83 bits per heavy atom. The molecule has 0 fully saturated rings. The molecule has 0 aliphatic rings. The van der Waals surface area contributed by atoms with Crippen molar-refractivity contribution < 1.29 is 52.8 Å². The summed E-state index contributed by atoms with van der Waals surface area (Å²) in [5.74, 6) is 0. The van der Waals surface area contributed by atoms with Crippen LogP contribution in [0.15, 0.2) is 41.2 Å². The topological polar surface area (TPSA) is 32.9 Å². The molecule has 56 valence electrons. The van der Waals surface area contributed by atoms with Gasteiger partial charge in [-0.25, -0.2) is 0 Å². The van der Waals surface area contributed by atoms with E-state index in [1.807, 2.05) is 30.3 Å². The predicted octanol–water partition coefficient (Wildman–Crippen LogP) is -1.36. The third-order valence-corrected chi connectivity index (χ3v) is 1.63. The fourth-order valence-corrected chi connectivity index (χ4v) is 1.10. The minimum atomic E-state index is -0.0521. The van der Waals surface area contributed by atoms with Gasteiger partial charge in [0.25, 0.3) is 0 Å². The van der Waals surface area contributed by atoms with E-state index in [1.54, 1.807) is 0 Å². The molecule has 0 bridgehead atoms. The van der Waals surface area contributed by atoms with Gasteiger partial charge in [-0.3, -0.25) is 4.79 Å². The van der Waals surface area contributed by atoms with Crippen LogP contribution >= 0.6 is 0 Å². The van der Waals surface area contributed by atoms with Crippen molar-refractivity contribution in [3.63, 3.8) is 0 Å². The Labute approximate surface area is 114 Å². The number of fused-ring (bicyclic) bond motifs is 1. The summed E-state index contributed by atoms with van der Waals surface area (Å²) in [6, 6.07) is 11.0. The van der Waals surface area contributed by atoms with E-state index in [2.05, 4.69) is 4.98 Å². The van der Waals surface area contributed by atoms with Gasteiger partial charge in [0, 0.05) is 11.6 Å². The Bertz CT molecular complexity index is 441. The number of aromatic amines is 1. The number of hydrogen-bond donors (Lipinski definition) is 1. The smallest absolute Gasteiger partial charge is 1.00 e. The summed E-state index contributed by atoms with van der Waals surface area (Å²) >= 11 is 0. The van der Waals surface area contributed by atoms with Crippen LogP contribution in [0.2, 0.25) is 0 Å². The Morgan fingerprint density at radius 3 is 2.67 bits per heavy atom. The first kappa shape index (κ1) is 10.1. The third-order valence-electron chi connectivity index (χ3n) is 1.63. The summed E-state index contributed by atoms with van der Waals surface area (Å²) < 4.78 is 0. The third kappa shape index (κ3) is 2.05. The van der Waals surface area contributed by atoms with E-state index < -0.39 is 0 Å². The number of para-hydroxylation sites is 1. The quantitative estimate of drug-likeness (QED) is 0.506. The molecule has 0 amide bonds. The zero-order valence-electron chi connectivity index (χ0n) is 7.87. The molecule has 3 heteroatoms. The van der Waals surface area contributed by atoms with E-state index in [0.29, 0.717) is 0 Å². The van der Waals surface area contributed by atoms with Crippen LogP contribution in [-0.4, -0.2) is 4.98 Å². The molecule has 2 aromatic rings. The van der Waals surface area contributed by atoms with Crippen molar-refractivity contribution in [1.29, 1.82) is 0 Å². The van der Waals surface area contributed by atoms with E-state index >= 15 is 0 Å². The van der Waals surface area contributed by atoms with E-state index in [1.165, 1.54) is 6.07 Å². The van der Waals surface area contributed by atoms with Gasteiger partial charge < -0.3 is 6.41 Å². The van der Waals surface area contributed by atoms with Crippen LogP contribution in [0.3, 0.4) is 0 Å². The van der Waals surface area contributed by atoms with Crippen LogP contribution in [0, 0.1) is 0 Å². The van der Waals surface area contributed by atoms with Crippen LogP contribution in [0.25, 0.3) is 10.9 Å². The zero-order chi connectivity index (χ0) is 7.68. The molecule has 0 unspecified atom stereocenters. The first-order valence-electron chi connectivity index (χ1n) is 3.44. The standard InChI is InChI=1S/C9H7NO.K.H/c11-9-6-5-7-3-1-2-4-8(7)10-9;;/h1-6H,(H,10,11);;/q;+1;-1. The molecule has 0 aliphatic heterocycles. The summed E-state index contributed by atoms with van der Waals surface area (Å²) in [4.78, 5) is 13.6. The molecule has 0 aliphatic carbocycles. The van der Waals surface area contributed by atoms with Gasteiger partial charge in [0.05, 0.1) is 0 Å². The van der Waals surface area contributed by atoms with Gasteiger partial charge >= 0.3 is 51.4 Å². The molecule has 2 rings (SSSR count).